The fraction of sp³-hybridized carbons (Fsp3) is 0.778. The molecule has 0 aromatic carbocycles. The van der Waals surface area contributed by atoms with Crippen molar-refractivity contribution in [1.29, 1.82) is 0 Å². The SMILES string of the molecule is CCC[C]1CCN(C(N)=O)CC1. The molecule has 1 radical (unpaired) electrons. The highest BCUT2D eigenvalue weighted by atomic mass is 16.2. The van der Waals surface area contributed by atoms with E-state index in [2.05, 4.69) is 6.92 Å². The zero-order valence-corrected chi connectivity index (χ0v) is 7.68. The minimum atomic E-state index is -0.273. The van der Waals surface area contributed by atoms with Crippen LogP contribution in [0.25, 0.3) is 0 Å². The summed E-state index contributed by atoms with van der Waals surface area (Å²) in [5.41, 5.74) is 5.16. The summed E-state index contributed by atoms with van der Waals surface area (Å²) in [6.07, 6.45) is 4.53. The molecule has 0 unspecified atom stereocenters. The van der Waals surface area contributed by atoms with Crippen molar-refractivity contribution in [3.05, 3.63) is 5.92 Å². The normalized spacial score (nSPS) is 19.6. The van der Waals surface area contributed by atoms with Gasteiger partial charge in [0.25, 0.3) is 0 Å². The molecule has 69 valence electrons. The van der Waals surface area contributed by atoms with Crippen LogP contribution < -0.4 is 5.73 Å². The topological polar surface area (TPSA) is 46.3 Å². The lowest BCUT2D eigenvalue weighted by Gasteiger charge is -2.30. The van der Waals surface area contributed by atoms with E-state index in [1.807, 2.05) is 0 Å². The molecule has 12 heavy (non-hydrogen) atoms. The second-order valence-corrected chi connectivity index (χ2v) is 3.33. The third kappa shape index (κ3) is 2.40. The van der Waals surface area contributed by atoms with Crippen LogP contribution >= 0.6 is 0 Å². The molecule has 1 aliphatic heterocycles. The monoisotopic (exact) mass is 169 g/mol. The van der Waals surface area contributed by atoms with Gasteiger partial charge in [-0.15, -0.1) is 0 Å². The molecule has 0 saturated carbocycles. The number of amides is 2. The van der Waals surface area contributed by atoms with Crippen LogP contribution in [0.15, 0.2) is 0 Å². The smallest absolute Gasteiger partial charge is 0.314 e. The van der Waals surface area contributed by atoms with E-state index >= 15 is 0 Å². The molecule has 0 aromatic heterocycles. The number of carbonyl (C=O) groups excluding carboxylic acids is 1. The van der Waals surface area contributed by atoms with Crippen molar-refractivity contribution in [2.45, 2.75) is 32.6 Å². The summed E-state index contributed by atoms with van der Waals surface area (Å²) in [7, 11) is 0. The quantitative estimate of drug-likeness (QED) is 0.669. The fourth-order valence-corrected chi connectivity index (χ4v) is 1.65. The van der Waals surface area contributed by atoms with Crippen LogP contribution in [-0.2, 0) is 0 Å². The van der Waals surface area contributed by atoms with E-state index in [0.29, 0.717) is 0 Å². The van der Waals surface area contributed by atoms with Crippen LogP contribution in [0.5, 0.6) is 0 Å². The summed E-state index contributed by atoms with van der Waals surface area (Å²) in [6.45, 7) is 3.84. The van der Waals surface area contributed by atoms with Crippen LogP contribution in [0.3, 0.4) is 0 Å². The van der Waals surface area contributed by atoms with Crippen LogP contribution in [0.1, 0.15) is 32.6 Å². The van der Waals surface area contributed by atoms with Crippen molar-refractivity contribution in [3.8, 4) is 0 Å². The predicted octanol–water partition coefficient (Wildman–Crippen LogP) is 1.54. The number of urea groups is 1. The Hall–Kier alpha value is -0.730. The molecule has 3 heteroatoms. The maximum atomic E-state index is 10.8. The lowest BCUT2D eigenvalue weighted by atomic mass is 9.93. The van der Waals surface area contributed by atoms with Gasteiger partial charge < -0.3 is 10.6 Å². The number of nitrogens with zero attached hydrogens (tertiary/aromatic N) is 1. The molecule has 2 N–H and O–H groups in total. The Labute approximate surface area is 73.9 Å². The summed E-state index contributed by atoms with van der Waals surface area (Å²) in [5.74, 6) is 1.59. The van der Waals surface area contributed by atoms with E-state index in [4.69, 9.17) is 5.73 Å². The van der Waals surface area contributed by atoms with Gasteiger partial charge in [0.2, 0.25) is 0 Å². The Morgan fingerprint density at radius 2 is 2.08 bits per heavy atom. The standard InChI is InChI=1S/C9H17N2O/c1-2-3-8-4-6-11(7-5-8)9(10)12/h2-7H2,1H3,(H2,10,12). The molecule has 1 aliphatic rings. The zero-order chi connectivity index (χ0) is 8.97. The van der Waals surface area contributed by atoms with Crippen molar-refractivity contribution < 1.29 is 4.79 Å². The summed E-state index contributed by atoms with van der Waals surface area (Å²) in [5, 5.41) is 0. The van der Waals surface area contributed by atoms with Crippen LogP contribution in [-0.4, -0.2) is 24.0 Å². The molecule has 0 aliphatic carbocycles. The van der Waals surface area contributed by atoms with Crippen molar-refractivity contribution in [2.24, 2.45) is 5.73 Å². The van der Waals surface area contributed by atoms with Gasteiger partial charge in [0, 0.05) is 13.1 Å². The lowest BCUT2D eigenvalue weighted by molar-refractivity contribution is 0.198. The number of nitrogens with two attached hydrogens (primary N) is 1. The first-order valence-corrected chi connectivity index (χ1v) is 4.62. The van der Waals surface area contributed by atoms with Crippen LogP contribution in [0, 0.1) is 5.92 Å². The highest BCUT2D eigenvalue weighted by molar-refractivity contribution is 5.72. The van der Waals surface area contributed by atoms with Crippen molar-refractivity contribution in [3.63, 3.8) is 0 Å². The molecular weight excluding hydrogens is 152 g/mol. The number of hydrogen-bond donors (Lipinski definition) is 1. The van der Waals surface area contributed by atoms with Crippen molar-refractivity contribution >= 4 is 6.03 Å². The highest BCUT2D eigenvalue weighted by Crippen LogP contribution is 2.23. The van der Waals surface area contributed by atoms with Gasteiger partial charge in [-0.05, 0) is 25.2 Å². The Kier molecular flexibility index (Phi) is 3.38. The third-order valence-corrected chi connectivity index (χ3v) is 2.39. The molecule has 1 rings (SSSR count). The van der Waals surface area contributed by atoms with Gasteiger partial charge in [0.15, 0.2) is 0 Å². The molecule has 1 saturated heterocycles. The molecule has 0 bridgehead atoms. The van der Waals surface area contributed by atoms with E-state index in [1.165, 1.54) is 12.8 Å². The molecule has 2 amide bonds. The number of likely N-dealkylation sites (tertiary alicyclic amines) is 1. The molecular formula is C9H17N2O. The second-order valence-electron chi connectivity index (χ2n) is 3.33. The average Bonchev–Trinajstić information content (AvgIpc) is 2.06. The molecule has 0 aromatic rings. The number of hydrogen-bond acceptors (Lipinski definition) is 1. The van der Waals surface area contributed by atoms with Gasteiger partial charge in [0.05, 0.1) is 0 Å². The van der Waals surface area contributed by atoms with Crippen molar-refractivity contribution in [2.75, 3.05) is 13.1 Å². The van der Waals surface area contributed by atoms with Crippen LogP contribution in [0.4, 0.5) is 4.79 Å². The Balaban J connectivity index is 2.25. The van der Waals surface area contributed by atoms with Gasteiger partial charge in [-0.2, -0.15) is 0 Å². The summed E-state index contributed by atoms with van der Waals surface area (Å²) in [4.78, 5) is 12.5. The minimum absolute atomic E-state index is 0.273. The van der Waals surface area contributed by atoms with Gasteiger partial charge in [-0.3, -0.25) is 0 Å². The summed E-state index contributed by atoms with van der Waals surface area (Å²) in [6, 6.07) is -0.273. The first-order valence-electron chi connectivity index (χ1n) is 4.62. The Morgan fingerprint density at radius 3 is 2.50 bits per heavy atom. The van der Waals surface area contributed by atoms with E-state index in [1.54, 1.807) is 10.8 Å². The number of rotatable bonds is 2. The number of carbonyl (C=O) groups is 1. The maximum absolute atomic E-state index is 10.8. The fourth-order valence-electron chi connectivity index (χ4n) is 1.65. The van der Waals surface area contributed by atoms with Gasteiger partial charge in [0.1, 0.15) is 0 Å². The highest BCUT2D eigenvalue weighted by Gasteiger charge is 2.20. The predicted molar refractivity (Wildman–Crippen MR) is 48.5 cm³/mol. The average molecular weight is 169 g/mol. The first kappa shape index (κ1) is 9.36. The Morgan fingerprint density at radius 1 is 1.50 bits per heavy atom. The van der Waals surface area contributed by atoms with E-state index < -0.39 is 0 Å². The van der Waals surface area contributed by atoms with Gasteiger partial charge in [-0.1, -0.05) is 13.3 Å². The number of piperidine rings is 1. The Bertz CT molecular complexity index is 151. The zero-order valence-electron chi connectivity index (χ0n) is 7.68. The molecule has 0 spiro atoms. The summed E-state index contributed by atoms with van der Waals surface area (Å²) >= 11 is 0. The molecule has 0 atom stereocenters. The minimum Gasteiger partial charge on any atom is -0.351 e. The van der Waals surface area contributed by atoms with Crippen molar-refractivity contribution in [1.82, 2.24) is 4.90 Å². The van der Waals surface area contributed by atoms with Gasteiger partial charge in [-0.25, -0.2) is 4.79 Å². The lowest BCUT2D eigenvalue weighted by Crippen LogP contribution is -2.41. The van der Waals surface area contributed by atoms with Crippen LogP contribution in [0.2, 0.25) is 0 Å². The second kappa shape index (κ2) is 4.33. The van der Waals surface area contributed by atoms with E-state index in [9.17, 15) is 4.79 Å². The largest absolute Gasteiger partial charge is 0.351 e. The molecule has 1 heterocycles. The van der Waals surface area contributed by atoms with E-state index in [-0.39, 0.29) is 6.03 Å². The third-order valence-electron chi connectivity index (χ3n) is 2.39. The summed E-state index contributed by atoms with van der Waals surface area (Å²) < 4.78 is 0. The molecule has 1 fully saturated rings. The number of primary amides is 1. The van der Waals surface area contributed by atoms with E-state index in [0.717, 1.165) is 25.9 Å². The maximum Gasteiger partial charge on any atom is 0.314 e. The molecule has 3 nitrogen and oxygen atoms in total. The first-order chi connectivity index (χ1) is 5.74. The van der Waals surface area contributed by atoms with Gasteiger partial charge >= 0.3 is 6.03 Å².